The maximum atomic E-state index is 11.7. The van der Waals surface area contributed by atoms with Gasteiger partial charge in [-0.25, -0.2) is 9.44 Å². The number of hydrogen-bond acceptors (Lipinski definition) is 6. The largest absolute Gasteiger partial charge is 0.454 e. The summed E-state index contributed by atoms with van der Waals surface area (Å²) in [7, 11) is -2.10. The molecule has 0 bridgehead atoms. The van der Waals surface area contributed by atoms with Crippen molar-refractivity contribution >= 4 is 10.2 Å². The van der Waals surface area contributed by atoms with Gasteiger partial charge in [0.15, 0.2) is 11.5 Å². The fraction of sp³-hybridized carbons (Fsp3) is 0.571. The van der Waals surface area contributed by atoms with E-state index in [9.17, 15) is 8.42 Å². The van der Waals surface area contributed by atoms with Crippen LogP contribution in [0.3, 0.4) is 0 Å². The van der Waals surface area contributed by atoms with Crippen molar-refractivity contribution in [2.45, 2.75) is 6.04 Å². The number of ether oxygens (including phenoxy) is 3. The van der Waals surface area contributed by atoms with Crippen molar-refractivity contribution in [1.82, 2.24) is 14.3 Å². The highest BCUT2D eigenvalue weighted by Gasteiger charge is 2.26. The summed E-state index contributed by atoms with van der Waals surface area (Å²) < 4.78 is 44.4. The Balaban J connectivity index is 1.81. The minimum Gasteiger partial charge on any atom is -0.454 e. The molecule has 2 N–H and O–H groups in total. The van der Waals surface area contributed by atoms with Gasteiger partial charge in [0.05, 0.1) is 13.2 Å². The zero-order valence-electron chi connectivity index (χ0n) is 12.9. The quantitative estimate of drug-likeness (QED) is 0.746. The van der Waals surface area contributed by atoms with E-state index in [1.54, 1.807) is 0 Å². The van der Waals surface area contributed by atoms with Crippen molar-refractivity contribution < 1.29 is 22.6 Å². The molecule has 1 atom stereocenters. The van der Waals surface area contributed by atoms with Crippen LogP contribution in [0.2, 0.25) is 0 Å². The van der Waals surface area contributed by atoms with Gasteiger partial charge in [-0.2, -0.15) is 8.42 Å². The average Bonchev–Trinajstić information content (AvgIpc) is 3.04. The normalized spacial score (nSPS) is 19.7. The highest BCUT2D eigenvalue weighted by Crippen LogP contribution is 2.35. The third-order valence-corrected chi connectivity index (χ3v) is 5.09. The smallest absolute Gasteiger partial charge is 0.276 e. The Kier molecular flexibility index (Phi) is 5.02. The number of fused-ring (bicyclic) bond motifs is 1. The molecular weight excluding hydrogens is 322 g/mol. The molecule has 0 amide bonds. The Bertz CT molecular complexity index is 646. The van der Waals surface area contributed by atoms with Crippen LogP contribution in [0.15, 0.2) is 18.2 Å². The number of rotatable bonds is 6. The lowest BCUT2D eigenvalue weighted by Gasteiger charge is -2.34. The molecule has 9 heteroatoms. The minimum absolute atomic E-state index is 0.100. The van der Waals surface area contributed by atoms with E-state index in [1.807, 2.05) is 18.2 Å². The monoisotopic (exact) mass is 343 g/mol. The molecule has 0 aromatic heterocycles. The van der Waals surface area contributed by atoms with E-state index in [4.69, 9.17) is 14.2 Å². The third-order valence-electron chi connectivity index (χ3n) is 4.00. The lowest BCUT2D eigenvalue weighted by molar-refractivity contribution is 0.0171. The van der Waals surface area contributed by atoms with Crippen molar-refractivity contribution in [3.8, 4) is 11.5 Å². The van der Waals surface area contributed by atoms with Crippen LogP contribution >= 0.6 is 0 Å². The molecule has 0 spiro atoms. The topological polar surface area (TPSA) is 89.1 Å². The molecule has 0 aliphatic carbocycles. The van der Waals surface area contributed by atoms with E-state index in [2.05, 4.69) is 14.3 Å². The van der Waals surface area contributed by atoms with Crippen molar-refractivity contribution in [2.24, 2.45) is 0 Å². The Labute approximate surface area is 135 Å². The van der Waals surface area contributed by atoms with Crippen molar-refractivity contribution in [1.29, 1.82) is 0 Å². The first-order chi connectivity index (χ1) is 11.1. The van der Waals surface area contributed by atoms with Crippen LogP contribution in [0.5, 0.6) is 11.5 Å². The van der Waals surface area contributed by atoms with Crippen molar-refractivity contribution in [3.05, 3.63) is 23.8 Å². The van der Waals surface area contributed by atoms with Crippen molar-refractivity contribution in [2.75, 3.05) is 46.7 Å². The van der Waals surface area contributed by atoms with Gasteiger partial charge in [0.25, 0.3) is 10.2 Å². The number of morpholine rings is 1. The molecule has 1 fully saturated rings. The Morgan fingerprint density at radius 2 is 1.96 bits per heavy atom. The highest BCUT2D eigenvalue weighted by molar-refractivity contribution is 7.87. The molecule has 1 saturated heterocycles. The summed E-state index contributed by atoms with van der Waals surface area (Å²) in [4.78, 5) is 2.21. The molecule has 3 rings (SSSR count). The standard InChI is InChI=1S/C14H21N3O5S/c1-15-23(18,19)16-9-12(17-4-6-20-7-5-17)11-2-3-13-14(8-11)22-10-21-13/h2-3,8,12,15-16H,4-7,9-10H2,1H3. The van der Waals surface area contributed by atoms with Crippen LogP contribution in [0.25, 0.3) is 0 Å². The second-order valence-electron chi connectivity index (χ2n) is 5.33. The van der Waals surface area contributed by atoms with Crippen LogP contribution in [-0.4, -0.2) is 60.0 Å². The fourth-order valence-corrected chi connectivity index (χ4v) is 3.25. The SMILES string of the molecule is CNS(=O)(=O)NCC(c1ccc2c(c1)OCO2)N1CCOCC1. The Morgan fingerprint density at radius 3 is 2.70 bits per heavy atom. The Morgan fingerprint density at radius 1 is 1.22 bits per heavy atom. The molecule has 128 valence electrons. The van der Waals surface area contributed by atoms with Crippen LogP contribution in [0.1, 0.15) is 11.6 Å². The summed E-state index contributed by atoms with van der Waals surface area (Å²) in [5.41, 5.74) is 0.981. The zero-order chi connectivity index (χ0) is 16.3. The van der Waals surface area contributed by atoms with Gasteiger partial charge in [0, 0.05) is 32.7 Å². The highest BCUT2D eigenvalue weighted by atomic mass is 32.2. The van der Waals surface area contributed by atoms with Gasteiger partial charge in [0.1, 0.15) is 0 Å². The zero-order valence-corrected chi connectivity index (χ0v) is 13.8. The van der Waals surface area contributed by atoms with Gasteiger partial charge in [-0.05, 0) is 17.7 Å². The summed E-state index contributed by atoms with van der Waals surface area (Å²) in [6.07, 6.45) is 0. The summed E-state index contributed by atoms with van der Waals surface area (Å²) >= 11 is 0. The molecule has 0 radical (unpaired) electrons. The lowest BCUT2D eigenvalue weighted by Crippen LogP contribution is -2.45. The number of nitrogens with zero attached hydrogens (tertiary/aromatic N) is 1. The van der Waals surface area contributed by atoms with E-state index in [0.29, 0.717) is 24.7 Å². The van der Waals surface area contributed by atoms with Crippen LogP contribution in [-0.2, 0) is 14.9 Å². The van der Waals surface area contributed by atoms with Gasteiger partial charge in [0.2, 0.25) is 6.79 Å². The predicted octanol–water partition coefficient (Wildman–Crippen LogP) is -0.158. The predicted molar refractivity (Wildman–Crippen MR) is 83.7 cm³/mol. The molecule has 2 aliphatic rings. The summed E-state index contributed by atoms with van der Waals surface area (Å²) in [6, 6.07) is 5.62. The molecule has 1 aromatic rings. The lowest BCUT2D eigenvalue weighted by atomic mass is 10.0. The minimum atomic E-state index is -3.49. The molecule has 2 heterocycles. The molecule has 1 aromatic carbocycles. The average molecular weight is 343 g/mol. The molecule has 0 saturated carbocycles. The molecule has 8 nitrogen and oxygen atoms in total. The number of hydrogen-bond donors (Lipinski definition) is 2. The number of benzene rings is 1. The molecule has 2 aliphatic heterocycles. The maximum Gasteiger partial charge on any atom is 0.276 e. The van der Waals surface area contributed by atoms with Crippen molar-refractivity contribution in [3.63, 3.8) is 0 Å². The first kappa shape index (κ1) is 16.5. The fourth-order valence-electron chi connectivity index (χ4n) is 2.73. The summed E-state index contributed by atoms with van der Waals surface area (Å²) in [5, 5.41) is 0. The number of nitrogens with one attached hydrogen (secondary N) is 2. The first-order valence-corrected chi connectivity index (χ1v) is 8.97. The van der Waals surface area contributed by atoms with Gasteiger partial charge in [-0.1, -0.05) is 6.07 Å². The van der Waals surface area contributed by atoms with E-state index in [-0.39, 0.29) is 19.4 Å². The Hall–Kier alpha value is -1.39. The second-order valence-corrected chi connectivity index (χ2v) is 7.04. The second kappa shape index (κ2) is 7.02. The van der Waals surface area contributed by atoms with Crippen LogP contribution < -0.4 is 18.9 Å². The van der Waals surface area contributed by atoms with E-state index < -0.39 is 10.2 Å². The summed E-state index contributed by atoms with van der Waals surface area (Å²) in [5.74, 6) is 1.41. The van der Waals surface area contributed by atoms with Crippen LogP contribution in [0.4, 0.5) is 0 Å². The van der Waals surface area contributed by atoms with E-state index >= 15 is 0 Å². The van der Waals surface area contributed by atoms with Crippen LogP contribution in [0, 0.1) is 0 Å². The summed E-state index contributed by atoms with van der Waals surface area (Å²) in [6.45, 7) is 3.26. The van der Waals surface area contributed by atoms with Gasteiger partial charge in [-0.15, -0.1) is 0 Å². The van der Waals surface area contributed by atoms with E-state index in [1.165, 1.54) is 7.05 Å². The van der Waals surface area contributed by atoms with Gasteiger partial charge >= 0.3 is 0 Å². The molecular formula is C14H21N3O5S. The molecule has 1 unspecified atom stereocenters. The first-order valence-electron chi connectivity index (χ1n) is 7.48. The van der Waals surface area contributed by atoms with Gasteiger partial charge < -0.3 is 14.2 Å². The maximum absolute atomic E-state index is 11.7. The molecule has 23 heavy (non-hydrogen) atoms. The van der Waals surface area contributed by atoms with E-state index in [0.717, 1.165) is 18.7 Å². The van der Waals surface area contributed by atoms with Gasteiger partial charge in [-0.3, -0.25) is 4.90 Å². The third kappa shape index (κ3) is 3.93.